The third-order valence-electron chi connectivity index (χ3n) is 1.90. The number of aryl methyl sites for hydroxylation is 2. The molecule has 0 spiro atoms. The number of rotatable bonds is 1. The standard InChI is InChI=1S/C10H9BrN2S/c1-6-3-4-14-10(6)8-5-9(11)13-7(2)12-8/h3-5H,1-2H3. The number of thiophene rings is 1. The lowest BCUT2D eigenvalue weighted by molar-refractivity contribution is 1.04. The molecule has 2 aromatic rings. The molecule has 0 bridgehead atoms. The van der Waals surface area contributed by atoms with Crippen LogP contribution in [-0.2, 0) is 0 Å². The van der Waals surface area contributed by atoms with Gasteiger partial charge in [0.05, 0.1) is 10.6 Å². The molecule has 0 aliphatic carbocycles. The van der Waals surface area contributed by atoms with E-state index >= 15 is 0 Å². The lowest BCUT2D eigenvalue weighted by Crippen LogP contribution is -1.91. The highest BCUT2D eigenvalue weighted by Crippen LogP contribution is 2.28. The van der Waals surface area contributed by atoms with E-state index in [4.69, 9.17) is 0 Å². The van der Waals surface area contributed by atoms with Crippen LogP contribution in [0.1, 0.15) is 11.4 Å². The maximum absolute atomic E-state index is 4.41. The summed E-state index contributed by atoms with van der Waals surface area (Å²) in [6.07, 6.45) is 0. The molecule has 4 heteroatoms. The summed E-state index contributed by atoms with van der Waals surface area (Å²) in [5.41, 5.74) is 2.26. The Morgan fingerprint density at radius 2 is 2.07 bits per heavy atom. The molecule has 2 nitrogen and oxygen atoms in total. The fourth-order valence-corrected chi connectivity index (χ4v) is 2.64. The Kier molecular flexibility index (Phi) is 2.65. The number of halogens is 1. The molecule has 14 heavy (non-hydrogen) atoms. The fraction of sp³-hybridized carbons (Fsp3) is 0.200. The monoisotopic (exact) mass is 268 g/mol. The van der Waals surface area contributed by atoms with E-state index in [1.165, 1.54) is 10.4 Å². The van der Waals surface area contributed by atoms with Crippen LogP contribution in [0.15, 0.2) is 22.1 Å². The van der Waals surface area contributed by atoms with Gasteiger partial charge in [0.2, 0.25) is 0 Å². The molecule has 0 saturated heterocycles. The van der Waals surface area contributed by atoms with Gasteiger partial charge in [-0.25, -0.2) is 9.97 Å². The van der Waals surface area contributed by atoms with Crippen molar-refractivity contribution < 1.29 is 0 Å². The third kappa shape index (κ3) is 1.86. The van der Waals surface area contributed by atoms with Crippen LogP contribution in [0.2, 0.25) is 0 Å². The quantitative estimate of drug-likeness (QED) is 0.739. The molecule has 2 aromatic heterocycles. The van der Waals surface area contributed by atoms with Crippen molar-refractivity contribution in [1.82, 2.24) is 9.97 Å². The molecule has 0 aromatic carbocycles. The Balaban J connectivity index is 2.57. The van der Waals surface area contributed by atoms with Crippen molar-refractivity contribution in [1.29, 1.82) is 0 Å². The van der Waals surface area contributed by atoms with Crippen LogP contribution >= 0.6 is 27.3 Å². The number of nitrogens with zero attached hydrogens (tertiary/aromatic N) is 2. The van der Waals surface area contributed by atoms with Crippen molar-refractivity contribution in [2.45, 2.75) is 13.8 Å². The molecular weight excluding hydrogens is 260 g/mol. The van der Waals surface area contributed by atoms with Crippen LogP contribution in [-0.4, -0.2) is 9.97 Å². The molecule has 0 fully saturated rings. The van der Waals surface area contributed by atoms with Crippen LogP contribution in [0.5, 0.6) is 0 Å². The first-order valence-electron chi connectivity index (χ1n) is 4.22. The maximum Gasteiger partial charge on any atom is 0.127 e. The zero-order valence-electron chi connectivity index (χ0n) is 7.91. The van der Waals surface area contributed by atoms with Crippen LogP contribution in [0.25, 0.3) is 10.6 Å². The molecule has 72 valence electrons. The Labute approximate surface area is 95.2 Å². The second kappa shape index (κ2) is 3.79. The average molecular weight is 269 g/mol. The molecule has 0 amide bonds. The summed E-state index contributed by atoms with van der Waals surface area (Å²) in [6, 6.07) is 4.05. The lowest BCUT2D eigenvalue weighted by Gasteiger charge is -2.01. The molecule has 2 rings (SSSR count). The SMILES string of the molecule is Cc1nc(Br)cc(-c2sccc2C)n1. The Morgan fingerprint density at radius 3 is 2.64 bits per heavy atom. The van der Waals surface area contributed by atoms with Crippen molar-refractivity contribution in [3.63, 3.8) is 0 Å². The maximum atomic E-state index is 4.41. The van der Waals surface area contributed by atoms with Crippen molar-refractivity contribution >= 4 is 27.3 Å². The van der Waals surface area contributed by atoms with E-state index in [1.54, 1.807) is 11.3 Å². The summed E-state index contributed by atoms with van der Waals surface area (Å²) in [5, 5.41) is 2.08. The highest BCUT2D eigenvalue weighted by molar-refractivity contribution is 9.10. The normalized spacial score (nSPS) is 10.5. The minimum Gasteiger partial charge on any atom is -0.232 e. The zero-order valence-corrected chi connectivity index (χ0v) is 10.3. The van der Waals surface area contributed by atoms with Crippen molar-refractivity contribution in [3.05, 3.63) is 33.5 Å². The fourth-order valence-electron chi connectivity index (χ4n) is 1.28. The van der Waals surface area contributed by atoms with E-state index < -0.39 is 0 Å². The molecule has 0 unspecified atom stereocenters. The predicted molar refractivity (Wildman–Crippen MR) is 62.5 cm³/mol. The minimum atomic E-state index is 0.794. The Bertz CT molecular complexity index is 445. The van der Waals surface area contributed by atoms with Gasteiger partial charge in [-0.3, -0.25) is 0 Å². The van der Waals surface area contributed by atoms with Gasteiger partial charge in [-0.1, -0.05) is 0 Å². The number of hydrogen-bond donors (Lipinski definition) is 0. The van der Waals surface area contributed by atoms with E-state index in [-0.39, 0.29) is 0 Å². The average Bonchev–Trinajstić information content (AvgIpc) is 2.49. The molecule has 0 N–H and O–H groups in total. The second-order valence-corrected chi connectivity index (χ2v) is 4.78. The van der Waals surface area contributed by atoms with E-state index in [2.05, 4.69) is 44.3 Å². The third-order valence-corrected chi connectivity index (χ3v) is 3.35. The summed E-state index contributed by atoms with van der Waals surface area (Å²) in [7, 11) is 0. The molecule has 2 heterocycles. The highest BCUT2D eigenvalue weighted by atomic mass is 79.9. The van der Waals surface area contributed by atoms with Crippen LogP contribution in [0.3, 0.4) is 0 Å². The van der Waals surface area contributed by atoms with Crippen molar-refractivity contribution in [3.8, 4) is 10.6 Å². The first-order valence-corrected chi connectivity index (χ1v) is 5.90. The van der Waals surface area contributed by atoms with Gasteiger partial charge < -0.3 is 0 Å². The van der Waals surface area contributed by atoms with Gasteiger partial charge in [0.25, 0.3) is 0 Å². The summed E-state index contributed by atoms with van der Waals surface area (Å²) in [4.78, 5) is 9.81. The molecule has 0 radical (unpaired) electrons. The number of hydrogen-bond acceptors (Lipinski definition) is 3. The summed E-state index contributed by atoms with van der Waals surface area (Å²) in [6.45, 7) is 3.99. The van der Waals surface area contributed by atoms with Crippen LogP contribution < -0.4 is 0 Å². The summed E-state index contributed by atoms with van der Waals surface area (Å²) in [5.74, 6) is 0.794. The molecule has 0 aliphatic heterocycles. The molecule has 0 atom stereocenters. The van der Waals surface area contributed by atoms with Gasteiger partial charge in [0, 0.05) is 0 Å². The number of aromatic nitrogens is 2. The van der Waals surface area contributed by atoms with Gasteiger partial charge in [-0.05, 0) is 52.9 Å². The van der Waals surface area contributed by atoms with Crippen molar-refractivity contribution in [2.75, 3.05) is 0 Å². The summed E-state index contributed by atoms with van der Waals surface area (Å²) >= 11 is 5.09. The molecule has 0 aliphatic rings. The molecular formula is C10H9BrN2S. The smallest absolute Gasteiger partial charge is 0.127 e. The minimum absolute atomic E-state index is 0.794. The van der Waals surface area contributed by atoms with E-state index in [0.29, 0.717) is 0 Å². The largest absolute Gasteiger partial charge is 0.232 e. The predicted octanol–water partition coefficient (Wildman–Crippen LogP) is 3.58. The Hall–Kier alpha value is -0.740. The van der Waals surface area contributed by atoms with E-state index in [9.17, 15) is 0 Å². The Morgan fingerprint density at radius 1 is 1.29 bits per heavy atom. The lowest BCUT2D eigenvalue weighted by atomic mass is 10.2. The highest BCUT2D eigenvalue weighted by Gasteiger charge is 2.06. The first kappa shape index (κ1) is 9.80. The van der Waals surface area contributed by atoms with Gasteiger partial charge in [-0.2, -0.15) is 0 Å². The van der Waals surface area contributed by atoms with Crippen LogP contribution in [0.4, 0.5) is 0 Å². The van der Waals surface area contributed by atoms with Crippen molar-refractivity contribution in [2.24, 2.45) is 0 Å². The summed E-state index contributed by atoms with van der Waals surface area (Å²) < 4.78 is 0.841. The van der Waals surface area contributed by atoms with Gasteiger partial charge in [0.1, 0.15) is 10.4 Å². The zero-order chi connectivity index (χ0) is 10.1. The first-order chi connectivity index (χ1) is 6.66. The van der Waals surface area contributed by atoms with Gasteiger partial charge in [-0.15, -0.1) is 11.3 Å². The van der Waals surface area contributed by atoms with E-state index in [0.717, 1.165) is 16.1 Å². The topological polar surface area (TPSA) is 25.8 Å². The second-order valence-electron chi connectivity index (χ2n) is 3.06. The van der Waals surface area contributed by atoms with E-state index in [1.807, 2.05) is 13.0 Å². The van der Waals surface area contributed by atoms with Crippen LogP contribution in [0, 0.1) is 13.8 Å². The van der Waals surface area contributed by atoms with Gasteiger partial charge >= 0.3 is 0 Å². The van der Waals surface area contributed by atoms with Gasteiger partial charge in [0.15, 0.2) is 0 Å². The molecule has 0 saturated carbocycles.